The van der Waals surface area contributed by atoms with Crippen molar-refractivity contribution in [3.05, 3.63) is 12.2 Å². The molecule has 2 aliphatic rings. The number of fused-ring (bicyclic) bond motifs is 1. The monoisotopic (exact) mass is 134 g/mol. The van der Waals surface area contributed by atoms with Gasteiger partial charge in [0, 0.05) is 6.04 Å². The molecule has 10 heavy (non-hydrogen) atoms. The van der Waals surface area contributed by atoms with Gasteiger partial charge in [-0.1, -0.05) is 18.5 Å². The summed E-state index contributed by atoms with van der Waals surface area (Å²) in [6.07, 6.45) is 3.69. The molecule has 2 unspecified atom stereocenters. The van der Waals surface area contributed by atoms with Crippen LogP contribution in [0.5, 0.6) is 0 Å². The standard InChI is InChI=1S/C8H13BN/c1-6-4-7-8(5-6)10-3-2-9-7/h7-8,10H,1-5H2. The van der Waals surface area contributed by atoms with Crippen LogP contribution in [0.3, 0.4) is 0 Å². The smallest absolute Gasteiger partial charge is 0.117 e. The Balaban J connectivity index is 2.04. The minimum absolute atomic E-state index is 0.737. The summed E-state index contributed by atoms with van der Waals surface area (Å²) in [7, 11) is 2.46. The average molecular weight is 134 g/mol. The third kappa shape index (κ3) is 1.01. The van der Waals surface area contributed by atoms with Crippen molar-refractivity contribution >= 4 is 7.28 Å². The van der Waals surface area contributed by atoms with Gasteiger partial charge in [0.25, 0.3) is 0 Å². The fraction of sp³-hybridized carbons (Fsp3) is 0.750. The Hall–Kier alpha value is -0.235. The Morgan fingerprint density at radius 2 is 2.40 bits per heavy atom. The first-order chi connectivity index (χ1) is 4.86. The molecule has 1 N–H and O–H groups in total. The lowest BCUT2D eigenvalue weighted by Gasteiger charge is -2.25. The molecule has 2 fully saturated rings. The van der Waals surface area contributed by atoms with Crippen LogP contribution in [0.25, 0.3) is 0 Å². The molecule has 53 valence electrons. The van der Waals surface area contributed by atoms with E-state index in [0.717, 1.165) is 11.9 Å². The molecular weight excluding hydrogens is 121 g/mol. The van der Waals surface area contributed by atoms with Crippen molar-refractivity contribution in [2.75, 3.05) is 6.54 Å². The molecule has 1 radical (unpaired) electrons. The fourth-order valence-electron chi connectivity index (χ4n) is 2.06. The van der Waals surface area contributed by atoms with Crippen LogP contribution in [-0.2, 0) is 0 Å². The van der Waals surface area contributed by atoms with Gasteiger partial charge in [-0.2, -0.15) is 0 Å². The molecule has 0 amide bonds. The summed E-state index contributed by atoms with van der Waals surface area (Å²) < 4.78 is 0. The van der Waals surface area contributed by atoms with E-state index in [9.17, 15) is 0 Å². The van der Waals surface area contributed by atoms with E-state index < -0.39 is 0 Å². The fourth-order valence-corrected chi connectivity index (χ4v) is 2.06. The molecule has 1 nitrogen and oxygen atoms in total. The number of nitrogens with one attached hydrogen (secondary N) is 1. The quantitative estimate of drug-likeness (QED) is 0.388. The normalized spacial score (nSPS) is 39.0. The van der Waals surface area contributed by atoms with Gasteiger partial charge in [-0.05, 0) is 25.2 Å². The summed E-state index contributed by atoms with van der Waals surface area (Å²) in [5.41, 5.74) is 1.43. The highest BCUT2D eigenvalue weighted by atomic mass is 14.9. The maximum atomic E-state index is 4.02. The second-order valence-corrected chi connectivity index (χ2v) is 3.41. The van der Waals surface area contributed by atoms with Gasteiger partial charge in [0.05, 0.1) is 0 Å². The van der Waals surface area contributed by atoms with Crippen molar-refractivity contribution in [2.45, 2.75) is 31.0 Å². The Bertz CT molecular complexity index is 139. The Kier molecular flexibility index (Phi) is 1.57. The Labute approximate surface area is 63.1 Å². The molecule has 0 aromatic rings. The molecule has 0 aromatic heterocycles. The summed E-state index contributed by atoms with van der Waals surface area (Å²) in [5.74, 6) is 0.807. The van der Waals surface area contributed by atoms with Crippen LogP contribution >= 0.6 is 0 Å². The number of hydrogen-bond donors (Lipinski definition) is 1. The first-order valence-electron chi connectivity index (χ1n) is 4.09. The van der Waals surface area contributed by atoms with Crippen LogP contribution in [0.15, 0.2) is 12.2 Å². The highest BCUT2D eigenvalue weighted by molar-refractivity contribution is 6.38. The van der Waals surface area contributed by atoms with Gasteiger partial charge in [0.1, 0.15) is 7.28 Å². The first kappa shape index (κ1) is 6.47. The van der Waals surface area contributed by atoms with E-state index >= 15 is 0 Å². The minimum Gasteiger partial charge on any atom is -0.315 e. The van der Waals surface area contributed by atoms with Crippen molar-refractivity contribution in [2.24, 2.45) is 0 Å². The largest absolute Gasteiger partial charge is 0.315 e. The van der Waals surface area contributed by atoms with Gasteiger partial charge in [0.2, 0.25) is 0 Å². The van der Waals surface area contributed by atoms with E-state index in [2.05, 4.69) is 19.2 Å². The lowest BCUT2D eigenvalue weighted by Crippen LogP contribution is -2.38. The SMILES string of the molecule is C=C1CC2[B]CCNC2C1. The van der Waals surface area contributed by atoms with Crippen LogP contribution in [0.2, 0.25) is 12.1 Å². The molecule has 1 saturated heterocycles. The van der Waals surface area contributed by atoms with Crippen LogP contribution in [-0.4, -0.2) is 19.9 Å². The topological polar surface area (TPSA) is 12.0 Å². The lowest BCUT2D eigenvalue weighted by atomic mass is 9.57. The van der Waals surface area contributed by atoms with Gasteiger partial charge in [-0.3, -0.25) is 0 Å². The third-order valence-electron chi connectivity index (χ3n) is 2.57. The van der Waals surface area contributed by atoms with Crippen LogP contribution in [0, 0.1) is 0 Å². The molecule has 1 aliphatic carbocycles. The summed E-state index contributed by atoms with van der Waals surface area (Å²) >= 11 is 0. The van der Waals surface area contributed by atoms with Gasteiger partial charge in [0.15, 0.2) is 0 Å². The van der Waals surface area contributed by atoms with Crippen molar-refractivity contribution in [1.29, 1.82) is 0 Å². The van der Waals surface area contributed by atoms with Crippen molar-refractivity contribution in [3.8, 4) is 0 Å². The molecule has 0 bridgehead atoms. The third-order valence-corrected chi connectivity index (χ3v) is 2.57. The Morgan fingerprint density at radius 3 is 3.20 bits per heavy atom. The molecule has 1 saturated carbocycles. The van der Waals surface area contributed by atoms with Gasteiger partial charge >= 0.3 is 0 Å². The highest BCUT2D eigenvalue weighted by Crippen LogP contribution is 2.35. The molecule has 0 aromatic carbocycles. The summed E-state index contributed by atoms with van der Waals surface area (Å²) in [4.78, 5) is 0. The van der Waals surface area contributed by atoms with Crippen molar-refractivity contribution < 1.29 is 0 Å². The zero-order chi connectivity index (χ0) is 6.97. The zero-order valence-corrected chi connectivity index (χ0v) is 6.27. The van der Waals surface area contributed by atoms with Crippen LogP contribution < -0.4 is 5.32 Å². The van der Waals surface area contributed by atoms with E-state index in [1.807, 2.05) is 0 Å². The van der Waals surface area contributed by atoms with E-state index in [1.165, 1.54) is 31.3 Å². The van der Waals surface area contributed by atoms with Crippen molar-refractivity contribution in [1.82, 2.24) is 5.32 Å². The summed E-state index contributed by atoms with van der Waals surface area (Å²) in [5, 5.41) is 3.52. The van der Waals surface area contributed by atoms with Gasteiger partial charge in [-0.15, -0.1) is 0 Å². The van der Waals surface area contributed by atoms with Gasteiger partial charge in [-0.25, -0.2) is 0 Å². The first-order valence-corrected chi connectivity index (χ1v) is 4.09. The summed E-state index contributed by atoms with van der Waals surface area (Å²) in [6, 6.07) is 0.737. The second kappa shape index (κ2) is 2.42. The maximum Gasteiger partial charge on any atom is 0.117 e. The number of rotatable bonds is 0. The second-order valence-electron chi connectivity index (χ2n) is 3.41. The zero-order valence-electron chi connectivity index (χ0n) is 6.27. The van der Waals surface area contributed by atoms with Crippen molar-refractivity contribution in [3.63, 3.8) is 0 Å². The molecular formula is C8H13BN. The molecule has 1 aliphatic heterocycles. The highest BCUT2D eigenvalue weighted by Gasteiger charge is 2.31. The lowest BCUT2D eigenvalue weighted by molar-refractivity contribution is 0.522. The van der Waals surface area contributed by atoms with E-state index in [1.54, 1.807) is 0 Å². The van der Waals surface area contributed by atoms with E-state index in [0.29, 0.717) is 0 Å². The van der Waals surface area contributed by atoms with E-state index in [4.69, 9.17) is 0 Å². The van der Waals surface area contributed by atoms with Crippen LogP contribution in [0.4, 0.5) is 0 Å². The molecule has 0 spiro atoms. The van der Waals surface area contributed by atoms with Crippen LogP contribution in [0.1, 0.15) is 12.8 Å². The average Bonchev–Trinajstić information content (AvgIpc) is 2.27. The molecule has 2 heteroatoms. The summed E-state index contributed by atoms with van der Waals surface area (Å²) in [6.45, 7) is 5.19. The molecule has 1 heterocycles. The minimum atomic E-state index is 0.737. The Morgan fingerprint density at radius 1 is 1.50 bits per heavy atom. The number of hydrogen-bond acceptors (Lipinski definition) is 1. The van der Waals surface area contributed by atoms with E-state index in [-0.39, 0.29) is 0 Å². The maximum absolute atomic E-state index is 4.02. The predicted molar refractivity (Wildman–Crippen MR) is 44.5 cm³/mol. The molecule has 2 atom stereocenters. The predicted octanol–water partition coefficient (Wildman–Crippen LogP) is 1.22. The van der Waals surface area contributed by atoms with Gasteiger partial charge < -0.3 is 5.32 Å². The molecule has 2 rings (SSSR count).